The van der Waals surface area contributed by atoms with Crippen molar-refractivity contribution in [2.24, 2.45) is 0 Å². The number of phenolic OH excluding ortho intramolecular Hbond substituents is 1. The summed E-state index contributed by atoms with van der Waals surface area (Å²) in [5.41, 5.74) is 2.47. The molecule has 6 nitrogen and oxygen atoms in total. The van der Waals surface area contributed by atoms with Crippen LogP contribution < -0.4 is 4.90 Å². The third-order valence-electron chi connectivity index (χ3n) is 7.00. The zero-order valence-electron chi connectivity index (χ0n) is 22.2. The number of unbranched alkanes of at least 4 members (excludes halogenated alkanes) is 6. The predicted octanol–water partition coefficient (Wildman–Crippen LogP) is 6.23. The normalized spacial score (nSPS) is 18.9. The third-order valence-corrected chi connectivity index (χ3v) is 7.00. The number of anilines is 1. The standard InChI is InChI=1S/C30H40N2O4/c1-5-7-9-11-17-31(3)21-13-15-23(25(33)19-21)27-29(35)28(30(27)36)24-16-14-22(20-26(24)34)32(4)18-12-10-8-6-2/h13-16,19-20H,5-12,17-18H2,1-4H3,(H2,33,34,35,36)/p+1. The number of carbonyl (C=O) groups excluding carboxylic acids is 1. The lowest BCUT2D eigenvalue weighted by Crippen LogP contribution is -2.25. The first kappa shape index (κ1) is 27.3. The van der Waals surface area contributed by atoms with Crippen LogP contribution in [-0.4, -0.2) is 58.6 Å². The Labute approximate surface area is 215 Å². The van der Waals surface area contributed by atoms with Crippen LogP contribution in [0.2, 0.25) is 0 Å². The van der Waals surface area contributed by atoms with E-state index in [4.69, 9.17) is 0 Å². The van der Waals surface area contributed by atoms with Gasteiger partial charge in [0.2, 0.25) is 11.5 Å². The number of allylic oxidation sites excluding steroid dienone is 5. The SMILES string of the molecule is CCCCCCN(C)c1ccc(C2=C(O)C(=C3C=CC(=[N+](C)CCCCCC)C=C3O)C2=O)c(O)c1. The second kappa shape index (κ2) is 12.6. The van der Waals surface area contributed by atoms with E-state index in [1.807, 2.05) is 26.2 Å². The fourth-order valence-corrected chi connectivity index (χ4v) is 4.65. The maximum Gasteiger partial charge on any atom is 0.203 e. The number of carbonyl (C=O) groups is 1. The lowest BCUT2D eigenvalue weighted by atomic mass is 9.79. The molecule has 2 aliphatic carbocycles. The van der Waals surface area contributed by atoms with Crippen molar-refractivity contribution in [1.82, 2.24) is 0 Å². The molecule has 0 saturated heterocycles. The molecule has 0 spiro atoms. The van der Waals surface area contributed by atoms with Gasteiger partial charge in [-0.1, -0.05) is 46.0 Å². The predicted molar refractivity (Wildman–Crippen MR) is 147 cm³/mol. The van der Waals surface area contributed by atoms with Crippen molar-refractivity contribution in [1.29, 1.82) is 0 Å². The van der Waals surface area contributed by atoms with E-state index in [-0.39, 0.29) is 34.2 Å². The van der Waals surface area contributed by atoms with Crippen LogP contribution in [0.1, 0.15) is 70.8 Å². The molecular weight excluding hydrogens is 452 g/mol. The highest BCUT2D eigenvalue weighted by Crippen LogP contribution is 2.43. The monoisotopic (exact) mass is 493 g/mol. The van der Waals surface area contributed by atoms with Gasteiger partial charge in [0.1, 0.15) is 30.9 Å². The molecule has 3 N–H and O–H groups in total. The van der Waals surface area contributed by atoms with E-state index >= 15 is 0 Å². The molecule has 0 saturated carbocycles. The van der Waals surface area contributed by atoms with Gasteiger partial charge in [-0.2, -0.15) is 0 Å². The summed E-state index contributed by atoms with van der Waals surface area (Å²) in [6.07, 6.45) is 14.4. The number of ketones is 1. The molecule has 0 aromatic heterocycles. The van der Waals surface area contributed by atoms with Crippen LogP contribution >= 0.6 is 0 Å². The number of aromatic hydroxyl groups is 1. The zero-order chi connectivity index (χ0) is 26.2. The number of phenols is 1. The van der Waals surface area contributed by atoms with Crippen LogP contribution in [0.5, 0.6) is 5.75 Å². The zero-order valence-corrected chi connectivity index (χ0v) is 22.2. The van der Waals surface area contributed by atoms with Crippen molar-refractivity contribution in [3.05, 3.63) is 64.7 Å². The van der Waals surface area contributed by atoms with Crippen molar-refractivity contribution in [2.45, 2.75) is 65.2 Å². The fourth-order valence-electron chi connectivity index (χ4n) is 4.65. The molecule has 0 atom stereocenters. The molecule has 0 amide bonds. The molecule has 0 bridgehead atoms. The number of rotatable bonds is 12. The summed E-state index contributed by atoms with van der Waals surface area (Å²) in [6.45, 7) is 6.13. The van der Waals surface area contributed by atoms with Gasteiger partial charge in [-0.25, -0.2) is 4.58 Å². The van der Waals surface area contributed by atoms with Gasteiger partial charge >= 0.3 is 0 Å². The van der Waals surface area contributed by atoms with Crippen molar-refractivity contribution >= 4 is 22.8 Å². The summed E-state index contributed by atoms with van der Waals surface area (Å²) in [4.78, 5) is 15.1. The van der Waals surface area contributed by atoms with Crippen molar-refractivity contribution in [2.75, 3.05) is 32.1 Å². The third kappa shape index (κ3) is 6.10. The van der Waals surface area contributed by atoms with Gasteiger partial charge in [-0.3, -0.25) is 4.79 Å². The Kier molecular flexibility index (Phi) is 9.57. The number of Topliss-reactive ketones (excluding diaryl/α,β-unsaturated/α-hetero) is 1. The molecule has 0 fully saturated rings. The first-order valence-electron chi connectivity index (χ1n) is 13.2. The highest BCUT2D eigenvalue weighted by molar-refractivity contribution is 6.40. The molecule has 0 unspecified atom stereocenters. The van der Waals surface area contributed by atoms with Gasteiger partial charge in [-0.15, -0.1) is 0 Å². The summed E-state index contributed by atoms with van der Waals surface area (Å²) in [6, 6.07) is 5.15. The molecule has 3 rings (SSSR count). The highest BCUT2D eigenvalue weighted by atomic mass is 16.3. The van der Waals surface area contributed by atoms with Crippen LogP contribution in [0.15, 0.2) is 59.1 Å². The molecular formula is C30H41N2O4+. The minimum absolute atomic E-state index is 0.0499. The maximum atomic E-state index is 13.0. The first-order valence-corrected chi connectivity index (χ1v) is 13.2. The molecule has 0 heterocycles. The Bertz CT molecular complexity index is 1140. The number of nitrogens with zero attached hydrogens (tertiary/aromatic N) is 2. The van der Waals surface area contributed by atoms with Gasteiger partial charge in [0, 0.05) is 49.0 Å². The van der Waals surface area contributed by atoms with Crippen LogP contribution in [-0.2, 0) is 4.79 Å². The molecule has 1 aromatic rings. The second-order valence-corrected chi connectivity index (χ2v) is 9.80. The summed E-state index contributed by atoms with van der Waals surface area (Å²) >= 11 is 0. The maximum absolute atomic E-state index is 13.0. The molecule has 36 heavy (non-hydrogen) atoms. The quantitative estimate of drug-likeness (QED) is 0.183. The van der Waals surface area contributed by atoms with Crippen molar-refractivity contribution < 1.29 is 24.7 Å². The molecule has 6 heteroatoms. The smallest absolute Gasteiger partial charge is 0.203 e. The largest absolute Gasteiger partial charge is 0.507 e. The van der Waals surface area contributed by atoms with Gasteiger partial charge < -0.3 is 20.2 Å². The number of benzene rings is 1. The topological polar surface area (TPSA) is 84.0 Å². The summed E-state index contributed by atoms with van der Waals surface area (Å²) in [5.74, 6) is -0.691. The minimum atomic E-state index is -0.389. The van der Waals surface area contributed by atoms with Gasteiger partial charge in [-0.05, 0) is 31.1 Å². The first-order chi connectivity index (χ1) is 17.3. The van der Waals surface area contributed by atoms with E-state index in [2.05, 4.69) is 23.3 Å². The van der Waals surface area contributed by atoms with Crippen molar-refractivity contribution in [3.63, 3.8) is 0 Å². The van der Waals surface area contributed by atoms with E-state index in [1.165, 1.54) is 38.5 Å². The number of hydrogen-bond donors (Lipinski definition) is 3. The van der Waals surface area contributed by atoms with Gasteiger partial charge in [0.25, 0.3) is 0 Å². The number of aliphatic hydroxyl groups excluding tert-OH is 2. The van der Waals surface area contributed by atoms with Crippen molar-refractivity contribution in [3.8, 4) is 5.75 Å². The number of hydrogen-bond acceptors (Lipinski definition) is 5. The van der Waals surface area contributed by atoms with Gasteiger partial charge in [0.05, 0.1) is 17.2 Å². The Morgan fingerprint density at radius 1 is 0.889 bits per heavy atom. The Balaban J connectivity index is 1.77. The Morgan fingerprint density at radius 2 is 1.58 bits per heavy atom. The molecule has 0 aliphatic heterocycles. The molecule has 2 aliphatic rings. The average Bonchev–Trinajstić information content (AvgIpc) is 2.86. The van der Waals surface area contributed by atoms with E-state index in [9.17, 15) is 20.1 Å². The van der Waals surface area contributed by atoms with E-state index < -0.39 is 0 Å². The van der Waals surface area contributed by atoms with Crippen LogP contribution in [0.4, 0.5) is 5.69 Å². The van der Waals surface area contributed by atoms with E-state index in [0.717, 1.165) is 37.3 Å². The summed E-state index contributed by atoms with van der Waals surface area (Å²) in [5, 5.41) is 32.1. The lowest BCUT2D eigenvalue weighted by Gasteiger charge is -2.26. The van der Waals surface area contributed by atoms with Crippen LogP contribution in [0.3, 0.4) is 0 Å². The summed E-state index contributed by atoms with van der Waals surface area (Å²) in [7, 11) is 3.96. The highest BCUT2D eigenvalue weighted by Gasteiger charge is 2.39. The lowest BCUT2D eigenvalue weighted by molar-refractivity contribution is -0.496. The van der Waals surface area contributed by atoms with Crippen LogP contribution in [0.25, 0.3) is 5.57 Å². The molecule has 0 radical (unpaired) electrons. The molecule has 194 valence electrons. The Hall–Kier alpha value is -3.28. The van der Waals surface area contributed by atoms with Gasteiger partial charge in [0.15, 0.2) is 0 Å². The van der Waals surface area contributed by atoms with E-state index in [1.54, 1.807) is 24.3 Å². The second-order valence-electron chi connectivity index (χ2n) is 9.80. The molecule has 1 aromatic carbocycles. The summed E-state index contributed by atoms with van der Waals surface area (Å²) < 4.78 is 2.08. The van der Waals surface area contributed by atoms with E-state index in [0.29, 0.717) is 11.1 Å². The number of aliphatic hydroxyl groups is 2. The Morgan fingerprint density at radius 3 is 2.19 bits per heavy atom. The fraction of sp³-hybridized carbons (Fsp3) is 0.467. The average molecular weight is 494 g/mol. The minimum Gasteiger partial charge on any atom is -0.507 e. The van der Waals surface area contributed by atoms with Crippen LogP contribution in [0, 0.1) is 0 Å².